The van der Waals surface area contributed by atoms with Crippen molar-refractivity contribution in [1.82, 2.24) is 15.9 Å². The second-order valence-electron chi connectivity index (χ2n) is 2.54. The Morgan fingerprint density at radius 3 is 2.86 bits per heavy atom. The summed E-state index contributed by atoms with van der Waals surface area (Å²) in [5, 5.41) is 1.31. The summed E-state index contributed by atoms with van der Waals surface area (Å²) in [4.78, 5) is 0. The Kier molecular flexibility index (Phi) is 3.58. The minimum atomic E-state index is -1.39. The van der Waals surface area contributed by atoms with E-state index in [0.29, 0.717) is 0 Å². The lowest BCUT2D eigenvalue weighted by Gasteiger charge is -2.26. The van der Waals surface area contributed by atoms with Crippen molar-refractivity contribution in [2.45, 2.75) is 5.85 Å². The standard InChI is InChI=1S/C6H12F2N4O2/c1-12-5(13-3-7)2-6(10-9,11-12)14-4-8/h2,10-11H,3-4,9H2,1H3. The number of halogens is 2. The summed E-state index contributed by atoms with van der Waals surface area (Å²) in [6, 6.07) is 0. The number of hydrogen-bond acceptors (Lipinski definition) is 6. The average Bonchev–Trinajstić information content (AvgIpc) is 2.46. The smallest absolute Gasteiger partial charge is 0.232 e. The molecule has 0 saturated heterocycles. The quantitative estimate of drug-likeness (QED) is 0.316. The highest BCUT2D eigenvalue weighted by Crippen LogP contribution is 2.19. The normalized spacial score (nSPS) is 26.6. The van der Waals surface area contributed by atoms with Gasteiger partial charge in [-0.25, -0.2) is 14.2 Å². The molecule has 1 unspecified atom stereocenters. The Labute approximate surface area is 79.6 Å². The molecule has 82 valence electrons. The van der Waals surface area contributed by atoms with Crippen LogP contribution in [0.4, 0.5) is 8.78 Å². The third-order valence-electron chi connectivity index (χ3n) is 1.69. The molecule has 6 nitrogen and oxygen atoms in total. The van der Waals surface area contributed by atoms with Gasteiger partial charge in [0.2, 0.25) is 18.6 Å². The zero-order valence-corrected chi connectivity index (χ0v) is 7.59. The van der Waals surface area contributed by atoms with Crippen LogP contribution in [0, 0.1) is 0 Å². The summed E-state index contributed by atoms with van der Waals surface area (Å²) in [5.41, 5.74) is 4.81. The Morgan fingerprint density at radius 1 is 1.64 bits per heavy atom. The fraction of sp³-hybridized carbons (Fsp3) is 0.667. The number of hydrazine groups is 2. The van der Waals surface area contributed by atoms with Gasteiger partial charge in [-0.1, -0.05) is 0 Å². The molecule has 0 fully saturated rings. The third-order valence-corrected chi connectivity index (χ3v) is 1.69. The molecule has 8 heteroatoms. The summed E-state index contributed by atoms with van der Waals surface area (Å²) in [7, 11) is 1.54. The van der Waals surface area contributed by atoms with Gasteiger partial charge in [-0.2, -0.15) is 5.43 Å². The van der Waals surface area contributed by atoms with Crippen LogP contribution in [0.2, 0.25) is 0 Å². The highest BCUT2D eigenvalue weighted by molar-refractivity contribution is 5.08. The number of nitrogens with one attached hydrogen (secondary N) is 2. The largest absolute Gasteiger partial charge is 0.447 e. The predicted molar refractivity (Wildman–Crippen MR) is 43.2 cm³/mol. The summed E-state index contributed by atoms with van der Waals surface area (Å²) < 4.78 is 33.1. The van der Waals surface area contributed by atoms with Crippen LogP contribution in [0.5, 0.6) is 0 Å². The van der Waals surface area contributed by atoms with Crippen molar-refractivity contribution in [3.63, 3.8) is 0 Å². The second-order valence-corrected chi connectivity index (χ2v) is 2.54. The van der Waals surface area contributed by atoms with Crippen LogP contribution in [0.3, 0.4) is 0 Å². The zero-order chi connectivity index (χ0) is 10.6. The van der Waals surface area contributed by atoms with Crippen LogP contribution in [-0.2, 0) is 9.47 Å². The van der Waals surface area contributed by atoms with E-state index in [-0.39, 0.29) is 5.88 Å². The van der Waals surface area contributed by atoms with E-state index in [4.69, 9.17) is 5.84 Å². The monoisotopic (exact) mass is 210 g/mol. The van der Waals surface area contributed by atoms with Gasteiger partial charge in [0.05, 0.1) is 0 Å². The van der Waals surface area contributed by atoms with Gasteiger partial charge in [0.25, 0.3) is 0 Å². The lowest BCUT2D eigenvalue weighted by molar-refractivity contribution is -0.113. The van der Waals surface area contributed by atoms with Crippen LogP contribution < -0.4 is 16.7 Å². The molecule has 1 heterocycles. The van der Waals surface area contributed by atoms with Crippen molar-refractivity contribution >= 4 is 0 Å². The molecule has 4 N–H and O–H groups in total. The minimum absolute atomic E-state index is 0.152. The van der Waals surface area contributed by atoms with Crippen molar-refractivity contribution < 1.29 is 18.3 Å². The van der Waals surface area contributed by atoms with Gasteiger partial charge in [0.15, 0.2) is 6.86 Å². The number of alkyl halides is 2. The van der Waals surface area contributed by atoms with Crippen molar-refractivity contribution in [2.75, 3.05) is 20.8 Å². The predicted octanol–water partition coefficient (Wildman–Crippen LogP) is -0.718. The van der Waals surface area contributed by atoms with E-state index in [1.807, 2.05) is 0 Å². The summed E-state index contributed by atoms with van der Waals surface area (Å²) >= 11 is 0. The van der Waals surface area contributed by atoms with Gasteiger partial charge in [-0.05, 0) is 0 Å². The molecule has 0 saturated carbocycles. The van der Waals surface area contributed by atoms with Gasteiger partial charge < -0.3 is 9.47 Å². The molecule has 0 aromatic heterocycles. The van der Waals surface area contributed by atoms with Gasteiger partial charge >= 0.3 is 0 Å². The van der Waals surface area contributed by atoms with Gasteiger partial charge in [0, 0.05) is 13.1 Å². The maximum absolute atomic E-state index is 12.0. The maximum atomic E-state index is 12.0. The lowest BCUT2D eigenvalue weighted by Crippen LogP contribution is -2.60. The molecule has 0 bridgehead atoms. The molecule has 0 radical (unpaired) electrons. The Hall–Kier alpha value is -0.960. The number of rotatable bonds is 5. The second kappa shape index (κ2) is 4.51. The molecule has 1 rings (SSSR count). The highest BCUT2D eigenvalue weighted by Gasteiger charge is 2.37. The van der Waals surface area contributed by atoms with E-state index in [9.17, 15) is 8.78 Å². The molecule has 0 amide bonds. The van der Waals surface area contributed by atoms with Gasteiger partial charge in [0.1, 0.15) is 0 Å². The summed E-state index contributed by atoms with van der Waals surface area (Å²) in [5.74, 6) is 3.91. The molecule has 1 aliphatic heterocycles. The van der Waals surface area contributed by atoms with E-state index < -0.39 is 19.6 Å². The molecule has 14 heavy (non-hydrogen) atoms. The molecule has 1 aliphatic rings. The van der Waals surface area contributed by atoms with Crippen LogP contribution in [0.25, 0.3) is 0 Å². The fourth-order valence-corrected chi connectivity index (χ4v) is 1.08. The first-order valence-electron chi connectivity index (χ1n) is 3.78. The Bertz CT molecular complexity index is 228. The van der Waals surface area contributed by atoms with Crippen molar-refractivity contribution in [3.05, 3.63) is 12.0 Å². The SMILES string of the molecule is CN1NC(NN)(OCF)C=C1OCF. The molecule has 0 aliphatic carbocycles. The van der Waals surface area contributed by atoms with E-state index in [1.165, 1.54) is 11.1 Å². The minimum Gasteiger partial charge on any atom is -0.447 e. The molecule has 1 atom stereocenters. The number of nitrogens with zero attached hydrogens (tertiary/aromatic N) is 1. The van der Waals surface area contributed by atoms with Crippen molar-refractivity contribution in [1.29, 1.82) is 0 Å². The summed E-state index contributed by atoms with van der Waals surface area (Å²) in [6.07, 6.45) is 1.28. The number of nitrogens with two attached hydrogens (primary N) is 1. The van der Waals surface area contributed by atoms with Crippen molar-refractivity contribution in [2.24, 2.45) is 5.84 Å². The average molecular weight is 210 g/mol. The first-order valence-corrected chi connectivity index (χ1v) is 3.78. The van der Waals surface area contributed by atoms with Crippen molar-refractivity contribution in [3.8, 4) is 0 Å². The first kappa shape index (κ1) is 11.1. The van der Waals surface area contributed by atoms with E-state index >= 15 is 0 Å². The number of ether oxygens (including phenoxy) is 2. The topological polar surface area (TPSA) is 71.8 Å². The fourth-order valence-electron chi connectivity index (χ4n) is 1.08. The molecular weight excluding hydrogens is 198 g/mol. The first-order chi connectivity index (χ1) is 6.67. The van der Waals surface area contributed by atoms with Gasteiger partial charge in [-0.15, -0.1) is 0 Å². The zero-order valence-electron chi connectivity index (χ0n) is 7.59. The Morgan fingerprint density at radius 2 is 2.36 bits per heavy atom. The lowest BCUT2D eigenvalue weighted by atomic mass is 10.4. The Balaban J connectivity index is 2.72. The van der Waals surface area contributed by atoms with Crippen LogP contribution in [0.15, 0.2) is 12.0 Å². The van der Waals surface area contributed by atoms with E-state index in [1.54, 1.807) is 7.05 Å². The molecular formula is C6H12F2N4O2. The van der Waals surface area contributed by atoms with Crippen LogP contribution in [-0.4, -0.2) is 31.6 Å². The van der Waals surface area contributed by atoms with Crippen LogP contribution >= 0.6 is 0 Å². The van der Waals surface area contributed by atoms with Crippen LogP contribution in [0.1, 0.15) is 0 Å². The molecule has 0 aromatic carbocycles. The third kappa shape index (κ3) is 2.10. The molecule has 0 aromatic rings. The highest BCUT2D eigenvalue weighted by atomic mass is 19.1. The van der Waals surface area contributed by atoms with E-state index in [2.05, 4.69) is 20.3 Å². The van der Waals surface area contributed by atoms with Gasteiger partial charge in [-0.3, -0.25) is 10.9 Å². The maximum Gasteiger partial charge on any atom is 0.232 e. The summed E-state index contributed by atoms with van der Waals surface area (Å²) in [6.45, 7) is -2.04. The molecule has 0 spiro atoms. The number of hydrogen-bond donors (Lipinski definition) is 3. The van der Waals surface area contributed by atoms with E-state index in [0.717, 1.165) is 0 Å².